The van der Waals surface area contributed by atoms with E-state index < -0.39 is 5.54 Å². The average molecular weight is 141 g/mol. The smallest absolute Gasteiger partial charge is 0.104 e. The second kappa shape index (κ2) is 1.72. The minimum Gasteiger partial charge on any atom is -0.861 e. The number of rotatable bonds is 0. The molecule has 1 N–H and O–H groups in total. The molecule has 0 saturated carbocycles. The Hall–Kier alpha value is -0.570. The van der Waals surface area contributed by atoms with Crippen LogP contribution in [0, 0.1) is 0 Å². The average Bonchev–Trinajstić information content (AvgIpc) is 1.73. The minimum absolute atomic E-state index is 0.0579. The van der Waals surface area contributed by atoms with Crippen molar-refractivity contribution in [2.75, 3.05) is 0 Å². The van der Waals surface area contributed by atoms with Gasteiger partial charge < -0.3 is 5.11 Å². The van der Waals surface area contributed by atoms with Crippen LogP contribution < -0.4 is 10.4 Å². The van der Waals surface area contributed by atoms with Crippen LogP contribution in [-0.4, -0.2) is 17.1 Å². The molecular formula is C7H13N2O-. The summed E-state index contributed by atoms with van der Waals surface area (Å²) in [5.74, 6) is -0.0579. The molecule has 0 fully saturated rings. The van der Waals surface area contributed by atoms with E-state index in [0.29, 0.717) is 0 Å². The van der Waals surface area contributed by atoms with Crippen molar-refractivity contribution in [1.82, 2.24) is 5.32 Å². The molecule has 3 heteroatoms. The number of hydrogen-bond donors (Lipinski definition) is 1. The van der Waals surface area contributed by atoms with Gasteiger partial charge in [-0.15, -0.1) is 0 Å². The van der Waals surface area contributed by atoms with E-state index in [9.17, 15) is 5.11 Å². The molecule has 0 aliphatic carbocycles. The molecule has 0 atom stereocenters. The van der Waals surface area contributed by atoms with Gasteiger partial charge in [0.25, 0.3) is 0 Å². The molecule has 0 unspecified atom stereocenters. The quantitative estimate of drug-likeness (QED) is 0.510. The van der Waals surface area contributed by atoms with E-state index in [0.717, 1.165) is 0 Å². The molecule has 1 aliphatic rings. The standard InChI is InChI=1S/C7H14N2O/c1-6(2)5(10)8-7(3,4)9-6/h9H,1-4H3,(H,8,10)/p-1. The molecule has 10 heavy (non-hydrogen) atoms. The highest BCUT2D eigenvalue weighted by molar-refractivity contribution is 5.83. The summed E-state index contributed by atoms with van der Waals surface area (Å²) >= 11 is 0. The van der Waals surface area contributed by atoms with Gasteiger partial charge in [-0.1, -0.05) is 0 Å². The van der Waals surface area contributed by atoms with Crippen LogP contribution in [0.2, 0.25) is 0 Å². The first-order chi connectivity index (χ1) is 4.33. The van der Waals surface area contributed by atoms with Crippen molar-refractivity contribution in [2.45, 2.75) is 38.9 Å². The monoisotopic (exact) mass is 141 g/mol. The van der Waals surface area contributed by atoms with E-state index >= 15 is 0 Å². The summed E-state index contributed by atoms with van der Waals surface area (Å²) in [6.07, 6.45) is 0. The first-order valence-electron chi connectivity index (χ1n) is 3.40. The van der Waals surface area contributed by atoms with E-state index in [1.807, 2.05) is 27.7 Å². The fraction of sp³-hybridized carbons (Fsp3) is 0.857. The van der Waals surface area contributed by atoms with Crippen LogP contribution in [0.1, 0.15) is 27.7 Å². The van der Waals surface area contributed by atoms with Crippen molar-refractivity contribution in [3.8, 4) is 0 Å². The Morgan fingerprint density at radius 1 is 1.30 bits per heavy atom. The molecule has 1 heterocycles. The Morgan fingerprint density at radius 2 is 1.80 bits per heavy atom. The number of aliphatic imine (C=N–C) groups is 1. The SMILES string of the molecule is CC1(C)N=C([O-])C(C)(C)N1. The predicted octanol–water partition coefficient (Wildman–Crippen LogP) is -0.137. The van der Waals surface area contributed by atoms with Crippen LogP contribution in [0.4, 0.5) is 0 Å². The van der Waals surface area contributed by atoms with Gasteiger partial charge in [0, 0.05) is 5.54 Å². The van der Waals surface area contributed by atoms with Crippen molar-refractivity contribution >= 4 is 5.90 Å². The van der Waals surface area contributed by atoms with Crippen molar-refractivity contribution < 1.29 is 5.11 Å². The van der Waals surface area contributed by atoms with Crippen LogP contribution in [-0.2, 0) is 0 Å². The molecule has 1 aliphatic heterocycles. The third-order valence-corrected chi connectivity index (χ3v) is 1.53. The molecule has 0 amide bonds. The Kier molecular flexibility index (Phi) is 1.30. The number of nitrogens with zero attached hydrogens (tertiary/aromatic N) is 1. The molecular weight excluding hydrogens is 128 g/mol. The highest BCUT2D eigenvalue weighted by atomic mass is 16.3. The topological polar surface area (TPSA) is 47.5 Å². The summed E-state index contributed by atoms with van der Waals surface area (Å²) in [5.41, 5.74) is -0.843. The predicted molar refractivity (Wildman–Crippen MR) is 38.7 cm³/mol. The van der Waals surface area contributed by atoms with Crippen molar-refractivity contribution in [2.24, 2.45) is 4.99 Å². The highest BCUT2D eigenvalue weighted by Crippen LogP contribution is 2.19. The van der Waals surface area contributed by atoms with Crippen LogP contribution in [0.15, 0.2) is 4.99 Å². The minimum atomic E-state index is -0.469. The zero-order chi connectivity index (χ0) is 7.99. The van der Waals surface area contributed by atoms with Crippen LogP contribution in [0.25, 0.3) is 0 Å². The maximum Gasteiger partial charge on any atom is 0.104 e. The first kappa shape index (κ1) is 7.54. The molecule has 3 nitrogen and oxygen atoms in total. The van der Waals surface area contributed by atoms with Gasteiger partial charge in [-0.05, 0) is 33.6 Å². The first-order valence-corrected chi connectivity index (χ1v) is 3.40. The molecule has 0 aromatic rings. The van der Waals surface area contributed by atoms with Crippen LogP contribution in [0.5, 0.6) is 0 Å². The summed E-state index contributed by atoms with van der Waals surface area (Å²) in [7, 11) is 0. The lowest BCUT2D eigenvalue weighted by molar-refractivity contribution is -0.223. The van der Waals surface area contributed by atoms with Crippen molar-refractivity contribution in [3.05, 3.63) is 0 Å². The second-order valence-corrected chi connectivity index (χ2v) is 3.73. The molecule has 0 saturated heterocycles. The third kappa shape index (κ3) is 1.14. The molecule has 0 bridgehead atoms. The van der Waals surface area contributed by atoms with Gasteiger partial charge in [0.15, 0.2) is 0 Å². The van der Waals surface area contributed by atoms with E-state index in [2.05, 4.69) is 10.3 Å². The Labute approximate surface area is 61.2 Å². The third-order valence-electron chi connectivity index (χ3n) is 1.53. The molecule has 1 rings (SSSR count). The number of nitrogens with one attached hydrogen (secondary N) is 1. The summed E-state index contributed by atoms with van der Waals surface area (Å²) in [6.45, 7) is 7.46. The Morgan fingerprint density at radius 3 is 1.90 bits per heavy atom. The lowest BCUT2D eigenvalue weighted by Gasteiger charge is -2.27. The van der Waals surface area contributed by atoms with Crippen LogP contribution in [0.3, 0.4) is 0 Å². The van der Waals surface area contributed by atoms with Gasteiger partial charge >= 0.3 is 0 Å². The summed E-state index contributed by atoms with van der Waals surface area (Å²) in [4.78, 5) is 3.92. The zero-order valence-corrected chi connectivity index (χ0v) is 6.86. The van der Waals surface area contributed by atoms with Gasteiger partial charge in [-0.3, -0.25) is 10.3 Å². The normalized spacial score (nSPS) is 28.2. The second-order valence-electron chi connectivity index (χ2n) is 3.73. The fourth-order valence-electron chi connectivity index (χ4n) is 1.24. The summed E-state index contributed by atoms with van der Waals surface area (Å²) < 4.78 is 0. The lowest BCUT2D eigenvalue weighted by atomic mass is 10.1. The van der Waals surface area contributed by atoms with E-state index in [4.69, 9.17) is 0 Å². The van der Waals surface area contributed by atoms with Gasteiger partial charge in [-0.25, -0.2) is 0 Å². The Bertz CT molecular complexity index is 182. The summed E-state index contributed by atoms with van der Waals surface area (Å²) in [6, 6.07) is 0. The number of hydrogen-bond acceptors (Lipinski definition) is 3. The van der Waals surface area contributed by atoms with Gasteiger partial charge in [0.1, 0.15) is 5.66 Å². The van der Waals surface area contributed by atoms with Crippen LogP contribution >= 0.6 is 0 Å². The van der Waals surface area contributed by atoms with Crippen molar-refractivity contribution in [1.29, 1.82) is 0 Å². The molecule has 58 valence electrons. The maximum atomic E-state index is 11.1. The van der Waals surface area contributed by atoms with Gasteiger partial charge in [0.2, 0.25) is 0 Å². The van der Waals surface area contributed by atoms with Gasteiger partial charge in [0.05, 0.1) is 0 Å². The van der Waals surface area contributed by atoms with Gasteiger partial charge in [-0.2, -0.15) is 0 Å². The lowest BCUT2D eigenvalue weighted by Crippen LogP contribution is -2.51. The molecule has 0 spiro atoms. The molecule has 0 aromatic heterocycles. The highest BCUT2D eigenvalue weighted by Gasteiger charge is 2.33. The Balaban J connectivity index is 2.89. The zero-order valence-electron chi connectivity index (χ0n) is 6.86. The molecule has 0 radical (unpaired) electrons. The van der Waals surface area contributed by atoms with E-state index in [-0.39, 0.29) is 11.6 Å². The van der Waals surface area contributed by atoms with E-state index in [1.165, 1.54) is 0 Å². The summed E-state index contributed by atoms with van der Waals surface area (Å²) in [5, 5.41) is 14.2. The largest absolute Gasteiger partial charge is 0.861 e. The maximum absolute atomic E-state index is 11.1. The van der Waals surface area contributed by atoms with E-state index in [1.54, 1.807) is 0 Å². The molecule has 0 aromatic carbocycles. The fourth-order valence-corrected chi connectivity index (χ4v) is 1.24. The van der Waals surface area contributed by atoms with Crippen molar-refractivity contribution in [3.63, 3.8) is 0 Å².